The lowest BCUT2D eigenvalue weighted by molar-refractivity contribution is 0.0395. The number of ether oxygens (including phenoxy) is 1. The summed E-state index contributed by atoms with van der Waals surface area (Å²) in [5, 5.41) is 4.65. The van der Waals surface area contributed by atoms with Gasteiger partial charge in [-0.2, -0.15) is 5.10 Å². The molecule has 186 valence electrons. The lowest BCUT2D eigenvalue weighted by Crippen LogP contribution is -2.39. The summed E-state index contributed by atoms with van der Waals surface area (Å²) in [6, 6.07) is 3.28. The molecule has 2 fully saturated rings. The van der Waals surface area contributed by atoms with E-state index in [1.807, 2.05) is 15.8 Å². The zero-order chi connectivity index (χ0) is 25.1. The number of rotatable bonds is 4. The van der Waals surface area contributed by atoms with Crippen molar-refractivity contribution in [3.8, 4) is 11.3 Å². The summed E-state index contributed by atoms with van der Waals surface area (Å²) < 4.78 is 52.0. The lowest BCUT2D eigenvalue weighted by atomic mass is 10.1. The molecule has 0 bridgehead atoms. The number of pyridine rings is 1. The summed E-state index contributed by atoms with van der Waals surface area (Å²) in [5.74, 6) is -2.74. The molecule has 1 saturated carbocycles. The fraction of sp³-hybridized carbons (Fsp3) is 0.360. The Labute approximate surface area is 204 Å². The molecule has 1 atom stereocenters. The summed E-state index contributed by atoms with van der Waals surface area (Å²) >= 11 is 0. The van der Waals surface area contributed by atoms with Gasteiger partial charge in [-0.25, -0.2) is 23.1 Å². The van der Waals surface area contributed by atoms with E-state index in [4.69, 9.17) is 4.74 Å². The molecule has 0 N–H and O–H groups in total. The Morgan fingerprint density at radius 3 is 2.61 bits per heavy atom. The van der Waals surface area contributed by atoms with Crippen LogP contribution in [0.5, 0.6) is 0 Å². The quantitative estimate of drug-likeness (QED) is 0.400. The highest BCUT2D eigenvalue weighted by Gasteiger charge is 2.29. The molecule has 1 saturated heterocycles. The predicted molar refractivity (Wildman–Crippen MR) is 126 cm³/mol. The van der Waals surface area contributed by atoms with Crippen molar-refractivity contribution >= 4 is 16.7 Å². The maximum atomic E-state index is 14.9. The molecule has 3 aromatic heterocycles. The van der Waals surface area contributed by atoms with Gasteiger partial charge in [-0.15, -0.1) is 0 Å². The number of nitrogens with zero attached hydrogens (tertiary/aromatic N) is 6. The topological polar surface area (TPSA) is 78.1 Å². The molecule has 2 aliphatic rings. The molecule has 1 aliphatic carbocycles. The molecular formula is C25H23F3N6O2. The minimum absolute atomic E-state index is 0.0238. The van der Waals surface area contributed by atoms with Crippen LogP contribution >= 0.6 is 0 Å². The number of hydrogen-bond donors (Lipinski definition) is 0. The third-order valence-electron chi connectivity index (χ3n) is 6.84. The smallest absolute Gasteiger partial charge is 0.261 e. The summed E-state index contributed by atoms with van der Waals surface area (Å²) in [5.41, 5.74) is 0.425. The summed E-state index contributed by atoms with van der Waals surface area (Å²) in [4.78, 5) is 24.1. The van der Waals surface area contributed by atoms with Crippen molar-refractivity contribution < 1.29 is 17.9 Å². The van der Waals surface area contributed by atoms with Crippen molar-refractivity contribution in [3.05, 3.63) is 69.8 Å². The van der Waals surface area contributed by atoms with Crippen LogP contribution in [-0.4, -0.2) is 44.0 Å². The number of anilines is 1. The number of aromatic nitrogens is 5. The Bertz CT molecular complexity index is 1560. The Kier molecular flexibility index (Phi) is 5.32. The second-order valence-corrected chi connectivity index (χ2v) is 9.28. The van der Waals surface area contributed by atoms with E-state index in [1.165, 1.54) is 4.57 Å². The van der Waals surface area contributed by atoms with Crippen LogP contribution in [0, 0.1) is 24.4 Å². The molecule has 8 nitrogen and oxygen atoms in total. The number of benzene rings is 1. The molecule has 0 spiro atoms. The monoisotopic (exact) mass is 496 g/mol. The molecule has 11 heteroatoms. The van der Waals surface area contributed by atoms with E-state index in [9.17, 15) is 18.0 Å². The summed E-state index contributed by atoms with van der Waals surface area (Å²) in [6.07, 6.45) is 5.75. The van der Waals surface area contributed by atoms with E-state index < -0.39 is 17.5 Å². The van der Waals surface area contributed by atoms with E-state index in [0.717, 1.165) is 24.5 Å². The molecule has 4 aromatic rings. The molecule has 1 aliphatic heterocycles. The van der Waals surface area contributed by atoms with Gasteiger partial charge in [0.05, 0.1) is 24.2 Å². The van der Waals surface area contributed by atoms with Gasteiger partial charge >= 0.3 is 0 Å². The van der Waals surface area contributed by atoms with Crippen LogP contribution in [-0.2, 0) is 11.8 Å². The molecule has 1 aromatic carbocycles. The maximum Gasteiger partial charge on any atom is 0.261 e. The van der Waals surface area contributed by atoms with E-state index in [-0.39, 0.29) is 33.8 Å². The van der Waals surface area contributed by atoms with E-state index in [0.29, 0.717) is 43.4 Å². The summed E-state index contributed by atoms with van der Waals surface area (Å²) in [6.45, 7) is 2.94. The Hall–Kier alpha value is -3.73. The molecule has 0 amide bonds. The van der Waals surface area contributed by atoms with Crippen LogP contribution in [0.1, 0.15) is 36.4 Å². The Morgan fingerprint density at radius 1 is 1.06 bits per heavy atom. The average Bonchev–Trinajstić information content (AvgIpc) is 3.61. The number of hydrogen-bond acceptors (Lipinski definition) is 6. The van der Waals surface area contributed by atoms with Gasteiger partial charge in [0.1, 0.15) is 34.8 Å². The first-order chi connectivity index (χ1) is 17.3. The Balaban J connectivity index is 1.47. The highest BCUT2D eigenvalue weighted by Crippen LogP contribution is 2.36. The summed E-state index contributed by atoms with van der Waals surface area (Å²) in [7, 11) is 1.59. The van der Waals surface area contributed by atoms with Gasteiger partial charge < -0.3 is 9.64 Å². The normalized spacial score (nSPS) is 18.2. The maximum absolute atomic E-state index is 14.9. The van der Waals surface area contributed by atoms with Crippen molar-refractivity contribution in [2.24, 2.45) is 7.05 Å². The van der Waals surface area contributed by atoms with Crippen LogP contribution in [0.2, 0.25) is 0 Å². The highest BCUT2D eigenvalue weighted by molar-refractivity contribution is 5.93. The van der Waals surface area contributed by atoms with Gasteiger partial charge in [-0.05, 0) is 31.9 Å². The number of morpholine rings is 1. The lowest BCUT2D eigenvalue weighted by Gasteiger charge is -2.33. The van der Waals surface area contributed by atoms with Crippen LogP contribution in [0.4, 0.5) is 19.0 Å². The molecule has 6 rings (SSSR count). The fourth-order valence-electron chi connectivity index (χ4n) is 4.54. The van der Waals surface area contributed by atoms with Crippen molar-refractivity contribution in [1.29, 1.82) is 0 Å². The minimum Gasteiger partial charge on any atom is -0.370 e. The third-order valence-corrected chi connectivity index (χ3v) is 6.84. The zero-order valence-corrected chi connectivity index (χ0v) is 19.7. The van der Waals surface area contributed by atoms with Crippen LogP contribution in [0.25, 0.3) is 22.2 Å². The molecule has 0 radical (unpaired) electrons. The first kappa shape index (κ1) is 22.7. The second-order valence-electron chi connectivity index (χ2n) is 9.28. The van der Waals surface area contributed by atoms with Crippen LogP contribution < -0.4 is 10.5 Å². The van der Waals surface area contributed by atoms with E-state index in [1.54, 1.807) is 26.2 Å². The molecule has 1 unspecified atom stereocenters. The fourth-order valence-corrected chi connectivity index (χ4v) is 4.54. The van der Waals surface area contributed by atoms with Gasteiger partial charge in [-0.1, -0.05) is 0 Å². The zero-order valence-electron chi connectivity index (χ0n) is 19.7. The molecular weight excluding hydrogens is 473 g/mol. The van der Waals surface area contributed by atoms with Gasteiger partial charge in [0.15, 0.2) is 11.6 Å². The number of aryl methyl sites for hydroxylation is 1. The second kappa shape index (κ2) is 8.44. The molecule has 4 heterocycles. The largest absolute Gasteiger partial charge is 0.370 e. The molecule has 36 heavy (non-hydrogen) atoms. The van der Waals surface area contributed by atoms with E-state index >= 15 is 0 Å². The highest BCUT2D eigenvalue weighted by atomic mass is 19.2. The van der Waals surface area contributed by atoms with Crippen molar-refractivity contribution in [3.63, 3.8) is 0 Å². The van der Waals surface area contributed by atoms with Gasteiger partial charge in [0.25, 0.3) is 5.56 Å². The minimum atomic E-state index is -1.31. The van der Waals surface area contributed by atoms with Crippen LogP contribution in [0.3, 0.4) is 0 Å². The van der Waals surface area contributed by atoms with Crippen LogP contribution in [0.15, 0.2) is 35.4 Å². The van der Waals surface area contributed by atoms with Gasteiger partial charge in [-0.3, -0.25) is 14.0 Å². The predicted octanol–water partition coefficient (Wildman–Crippen LogP) is 3.83. The average molecular weight is 496 g/mol. The van der Waals surface area contributed by atoms with E-state index in [2.05, 4.69) is 15.1 Å². The van der Waals surface area contributed by atoms with Gasteiger partial charge in [0, 0.05) is 43.5 Å². The number of halogens is 3. The Morgan fingerprint density at radius 2 is 1.83 bits per heavy atom. The van der Waals surface area contributed by atoms with Crippen molar-refractivity contribution in [1.82, 2.24) is 24.3 Å². The van der Waals surface area contributed by atoms with Crippen molar-refractivity contribution in [2.45, 2.75) is 31.9 Å². The first-order valence-electron chi connectivity index (χ1n) is 11.7. The third kappa shape index (κ3) is 3.83. The SMILES string of the molecule is Cc1nc2c(-c3cc(F)c(F)cc3F)nc(N3CCOC(c4cnn(C5CC5)c4)C3)cc2c(=O)n1C. The number of fused-ring (bicyclic) bond motifs is 1. The standard InChI is InChI=1S/C25H23F3N6O2/c1-13-30-24-17(25(35)32(13)2)8-22(31-23(24)16-7-19(27)20(28)9-18(16)26)33-5-6-36-21(12-33)14-10-29-34(11-14)15-3-4-15/h7-11,15,21H,3-6,12H2,1-2H3. The van der Waals surface area contributed by atoms with Gasteiger partial charge in [0.2, 0.25) is 0 Å². The first-order valence-corrected chi connectivity index (χ1v) is 11.7. The van der Waals surface area contributed by atoms with Crippen molar-refractivity contribution in [2.75, 3.05) is 24.6 Å².